The molecule has 0 saturated heterocycles. The zero-order chi connectivity index (χ0) is 13.7. The number of methoxy groups -OCH3 is 1. The Labute approximate surface area is 104 Å². The van der Waals surface area contributed by atoms with E-state index in [1.807, 2.05) is 0 Å². The number of rotatable bonds is 5. The first-order valence-electron chi connectivity index (χ1n) is 5.45. The van der Waals surface area contributed by atoms with Gasteiger partial charge in [-0.1, -0.05) is 0 Å². The molecule has 0 saturated carbocycles. The van der Waals surface area contributed by atoms with Crippen LogP contribution in [0.3, 0.4) is 0 Å². The smallest absolute Gasteiger partial charge is 0.328 e. The number of hydrogen-bond acceptors (Lipinski definition) is 4. The summed E-state index contributed by atoms with van der Waals surface area (Å²) in [5.41, 5.74) is 0.145. The predicted molar refractivity (Wildman–Crippen MR) is 62.6 cm³/mol. The Balaban J connectivity index is 2.83. The topological polar surface area (TPSA) is 47.6 Å². The van der Waals surface area contributed by atoms with Crippen molar-refractivity contribution in [1.82, 2.24) is 0 Å². The van der Waals surface area contributed by atoms with Gasteiger partial charge < -0.3 is 14.8 Å². The normalized spacial score (nSPS) is 11.8. The van der Waals surface area contributed by atoms with Gasteiger partial charge in [-0.05, 0) is 13.8 Å². The summed E-state index contributed by atoms with van der Waals surface area (Å²) in [6, 6.07) is 1.41. The Kier molecular flexibility index (Phi) is 4.88. The van der Waals surface area contributed by atoms with Gasteiger partial charge in [0.1, 0.15) is 6.04 Å². The molecule has 0 aliphatic carbocycles. The van der Waals surface area contributed by atoms with Crippen molar-refractivity contribution >= 4 is 11.7 Å². The van der Waals surface area contributed by atoms with E-state index in [1.54, 1.807) is 6.92 Å². The molecule has 1 aromatic rings. The Hall–Kier alpha value is -1.85. The van der Waals surface area contributed by atoms with Crippen molar-refractivity contribution in [3.8, 4) is 5.75 Å². The SMILES string of the molecule is CCOC(=O)[C@H](C)Nc1cc(F)c(OC)c(F)c1. The van der Waals surface area contributed by atoms with Gasteiger partial charge >= 0.3 is 5.97 Å². The lowest BCUT2D eigenvalue weighted by atomic mass is 10.2. The number of benzene rings is 1. The standard InChI is InChI=1S/C12H15F2NO3/c1-4-18-12(16)7(2)15-8-5-9(13)11(17-3)10(14)6-8/h5-7,15H,4H2,1-3H3/t7-/m0/s1. The minimum absolute atomic E-state index is 0.145. The maximum absolute atomic E-state index is 13.4. The Bertz CT molecular complexity index is 414. The van der Waals surface area contributed by atoms with Crippen molar-refractivity contribution in [3.05, 3.63) is 23.8 Å². The average molecular weight is 259 g/mol. The minimum atomic E-state index is -0.837. The molecule has 6 heteroatoms. The van der Waals surface area contributed by atoms with Crippen LogP contribution >= 0.6 is 0 Å². The molecule has 0 spiro atoms. The molecule has 1 aromatic carbocycles. The highest BCUT2D eigenvalue weighted by Crippen LogP contribution is 2.25. The molecule has 4 nitrogen and oxygen atoms in total. The molecule has 0 heterocycles. The summed E-state index contributed by atoms with van der Waals surface area (Å²) >= 11 is 0. The van der Waals surface area contributed by atoms with Crippen LogP contribution in [-0.4, -0.2) is 25.7 Å². The number of nitrogens with one attached hydrogen (secondary N) is 1. The van der Waals surface area contributed by atoms with E-state index < -0.39 is 29.4 Å². The molecule has 1 atom stereocenters. The highest BCUT2D eigenvalue weighted by atomic mass is 19.1. The van der Waals surface area contributed by atoms with Gasteiger partial charge in [-0.3, -0.25) is 0 Å². The first-order valence-corrected chi connectivity index (χ1v) is 5.45. The summed E-state index contributed by atoms with van der Waals surface area (Å²) in [4.78, 5) is 11.3. The Morgan fingerprint density at radius 2 is 1.94 bits per heavy atom. The summed E-state index contributed by atoms with van der Waals surface area (Å²) in [5.74, 6) is -2.62. The highest BCUT2D eigenvalue weighted by Gasteiger charge is 2.16. The maximum atomic E-state index is 13.4. The van der Waals surface area contributed by atoms with Crippen LogP contribution < -0.4 is 10.1 Å². The molecule has 100 valence electrons. The van der Waals surface area contributed by atoms with E-state index in [-0.39, 0.29) is 12.3 Å². The fourth-order valence-corrected chi connectivity index (χ4v) is 1.41. The second kappa shape index (κ2) is 6.18. The lowest BCUT2D eigenvalue weighted by Gasteiger charge is -2.14. The molecular formula is C12H15F2NO3. The third-order valence-electron chi connectivity index (χ3n) is 2.23. The highest BCUT2D eigenvalue weighted by molar-refractivity contribution is 5.78. The molecule has 0 amide bonds. The van der Waals surface area contributed by atoms with Gasteiger partial charge in [-0.25, -0.2) is 13.6 Å². The van der Waals surface area contributed by atoms with Crippen LogP contribution in [-0.2, 0) is 9.53 Å². The Morgan fingerprint density at radius 1 is 1.39 bits per heavy atom. The van der Waals surface area contributed by atoms with Crippen molar-refractivity contribution in [3.63, 3.8) is 0 Å². The fraction of sp³-hybridized carbons (Fsp3) is 0.417. The molecule has 0 fully saturated rings. The number of anilines is 1. The summed E-state index contributed by atoms with van der Waals surface area (Å²) in [5, 5.41) is 2.65. The lowest BCUT2D eigenvalue weighted by molar-refractivity contribution is -0.143. The van der Waals surface area contributed by atoms with Crippen molar-refractivity contribution in [2.45, 2.75) is 19.9 Å². The monoisotopic (exact) mass is 259 g/mol. The minimum Gasteiger partial charge on any atom is -0.491 e. The molecule has 1 rings (SSSR count). The fourth-order valence-electron chi connectivity index (χ4n) is 1.41. The molecule has 1 N–H and O–H groups in total. The van der Waals surface area contributed by atoms with Crippen LogP contribution in [0.4, 0.5) is 14.5 Å². The van der Waals surface area contributed by atoms with Gasteiger partial charge in [0.05, 0.1) is 13.7 Å². The van der Waals surface area contributed by atoms with Crippen LogP contribution in [0.15, 0.2) is 12.1 Å². The molecular weight excluding hydrogens is 244 g/mol. The zero-order valence-corrected chi connectivity index (χ0v) is 10.4. The van der Waals surface area contributed by atoms with Crippen LogP contribution in [0.1, 0.15) is 13.8 Å². The van der Waals surface area contributed by atoms with E-state index >= 15 is 0 Å². The summed E-state index contributed by atoms with van der Waals surface area (Å²) in [6.45, 7) is 3.46. The summed E-state index contributed by atoms with van der Waals surface area (Å²) in [7, 11) is 1.18. The first kappa shape index (κ1) is 14.2. The number of esters is 1. The van der Waals surface area contributed by atoms with Crippen molar-refractivity contribution < 1.29 is 23.0 Å². The number of carbonyl (C=O) groups is 1. The van der Waals surface area contributed by atoms with Gasteiger partial charge in [0.25, 0.3) is 0 Å². The second-order valence-corrected chi connectivity index (χ2v) is 3.59. The number of halogens is 2. The number of carbonyl (C=O) groups excluding carboxylic acids is 1. The van der Waals surface area contributed by atoms with E-state index in [4.69, 9.17) is 4.74 Å². The molecule has 0 unspecified atom stereocenters. The average Bonchev–Trinajstić information content (AvgIpc) is 2.28. The third-order valence-corrected chi connectivity index (χ3v) is 2.23. The van der Waals surface area contributed by atoms with Gasteiger partial charge in [0.2, 0.25) is 0 Å². The largest absolute Gasteiger partial charge is 0.491 e. The quantitative estimate of drug-likeness (QED) is 0.824. The Morgan fingerprint density at radius 3 is 2.39 bits per heavy atom. The molecule has 0 aromatic heterocycles. The first-order chi connectivity index (χ1) is 8.49. The van der Waals surface area contributed by atoms with Crippen molar-refractivity contribution in [1.29, 1.82) is 0 Å². The molecule has 18 heavy (non-hydrogen) atoms. The van der Waals surface area contributed by atoms with E-state index in [9.17, 15) is 13.6 Å². The summed E-state index contributed by atoms with van der Waals surface area (Å²) in [6.07, 6.45) is 0. The second-order valence-electron chi connectivity index (χ2n) is 3.59. The van der Waals surface area contributed by atoms with Gasteiger partial charge in [0, 0.05) is 17.8 Å². The lowest BCUT2D eigenvalue weighted by Crippen LogP contribution is -2.28. The predicted octanol–water partition coefficient (Wildman–Crippen LogP) is 2.34. The third kappa shape index (κ3) is 3.32. The van der Waals surface area contributed by atoms with Gasteiger partial charge in [0.15, 0.2) is 17.4 Å². The molecule has 0 aliphatic heterocycles. The van der Waals surface area contributed by atoms with Gasteiger partial charge in [-0.2, -0.15) is 0 Å². The van der Waals surface area contributed by atoms with E-state index in [0.29, 0.717) is 0 Å². The van der Waals surface area contributed by atoms with E-state index in [0.717, 1.165) is 12.1 Å². The van der Waals surface area contributed by atoms with Crippen molar-refractivity contribution in [2.75, 3.05) is 19.0 Å². The van der Waals surface area contributed by atoms with Crippen LogP contribution in [0.5, 0.6) is 5.75 Å². The zero-order valence-electron chi connectivity index (χ0n) is 10.4. The molecule has 0 radical (unpaired) electrons. The number of ether oxygens (including phenoxy) is 2. The maximum Gasteiger partial charge on any atom is 0.328 e. The molecule has 0 aliphatic rings. The van der Waals surface area contributed by atoms with Crippen LogP contribution in [0.25, 0.3) is 0 Å². The van der Waals surface area contributed by atoms with Gasteiger partial charge in [-0.15, -0.1) is 0 Å². The van der Waals surface area contributed by atoms with Crippen molar-refractivity contribution in [2.24, 2.45) is 0 Å². The number of hydrogen-bond donors (Lipinski definition) is 1. The van der Waals surface area contributed by atoms with E-state index in [2.05, 4.69) is 10.1 Å². The van der Waals surface area contributed by atoms with Crippen LogP contribution in [0.2, 0.25) is 0 Å². The molecule has 0 bridgehead atoms. The van der Waals surface area contributed by atoms with E-state index in [1.165, 1.54) is 14.0 Å². The summed E-state index contributed by atoms with van der Waals surface area (Å²) < 4.78 is 36.1. The van der Waals surface area contributed by atoms with Crippen LogP contribution in [0, 0.1) is 11.6 Å².